The number of nitrogens with zero attached hydrogens (tertiary/aromatic N) is 1. The summed E-state index contributed by atoms with van der Waals surface area (Å²) in [5, 5.41) is 22.9. The number of phenols is 1. The van der Waals surface area contributed by atoms with Crippen LogP contribution in [0.2, 0.25) is 0 Å². The van der Waals surface area contributed by atoms with Crippen molar-refractivity contribution in [3.63, 3.8) is 0 Å². The maximum absolute atomic E-state index is 14.3. The third-order valence-corrected chi connectivity index (χ3v) is 9.34. The average Bonchev–Trinajstić information content (AvgIpc) is 3.20. The second kappa shape index (κ2) is 24.8. The van der Waals surface area contributed by atoms with Crippen LogP contribution in [-0.2, 0) is 51.1 Å². The van der Waals surface area contributed by atoms with Crippen LogP contribution >= 0.6 is 0 Å². The molecule has 4 atom stereocenters. The van der Waals surface area contributed by atoms with Crippen LogP contribution in [0.1, 0.15) is 91.2 Å². The molecule has 6 amide bonds. The summed E-state index contributed by atoms with van der Waals surface area (Å²) in [4.78, 5) is 95.1. The van der Waals surface area contributed by atoms with Crippen molar-refractivity contribution < 1.29 is 48.1 Å². The molecule has 0 saturated heterocycles. The molecule has 0 aliphatic carbocycles. The topological polar surface area (TPSA) is 248 Å². The Hall–Kier alpha value is -6.39. The van der Waals surface area contributed by atoms with E-state index < -0.39 is 71.5 Å². The molecule has 62 heavy (non-hydrogen) atoms. The second-order valence-electron chi connectivity index (χ2n) is 16.4. The summed E-state index contributed by atoms with van der Waals surface area (Å²) in [6.07, 6.45) is 4.97. The van der Waals surface area contributed by atoms with Crippen LogP contribution in [0.5, 0.6) is 5.75 Å². The van der Waals surface area contributed by atoms with Crippen molar-refractivity contribution in [3.8, 4) is 5.75 Å². The van der Waals surface area contributed by atoms with Gasteiger partial charge in [-0.05, 0) is 88.8 Å². The lowest BCUT2D eigenvalue weighted by atomic mass is 10.0. The minimum Gasteiger partial charge on any atom is -0.508 e. The van der Waals surface area contributed by atoms with E-state index in [1.165, 1.54) is 12.1 Å². The van der Waals surface area contributed by atoms with E-state index in [4.69, 9.17) is 15.2 Å². The summed E-state index contributed by atoms with van der Waals surface area (Å²) in [5.41, 5.74) is 6.22. The number of phenolic OH excluding ortho intramolecular Hbond substituents is 1. The first kappa shape index (κ1) is 50.0. The Kier molecular flexibility index (Phi) is 20.0. The number of ether oxygens (including phenoxy) is 2. The van der Waals surface area contributed by atoms with Crippen molar-refractivity contribution in [1.82, 2.24) is 31.5 Å². The highest BCUT2D eigenvalue weighted by molar-refractivity contribution is 5.96. The monoisotopic (exact) mass is 861 g/mol. The Morgan fingerprint density at radius 3 is 2.00 bits per heavy atom. The predicted molar refractivity (Wildman–Crippen MR) is 231 cm³/mol. The molecule has 0 fully saturated rings. The number of hydrogen-bond donors (Lipinski definition) is 7. The lowest BCUT2D eigenvalue weighted by Crippen LogP contribution is -2.63. The zero-order chi connectivity index (χ0) is 45.8. The minimum absolute atomic E-state index is 0.00128. The molecule has 1 aliphatic heterocycles. The van der Waals surface area contributed by atoms with Crippen molar-refractivity contribution in [3.05, 3.63) is 89.8 Å². The van der Waals surface area contributed by atoms with Crippen LogP contribution in [0.3, 0.4) is 0 Å². The van der Waals surface area contributed by atoms with E-state index in [9.17, 15) is 38.7 Å². The molecule has 1 heterocycles. The highest BCUT2D eigenvalue weighted by Gasteiger charge is 2.33. The molecular weight excluding hydrogens is 799 g/mol. The van der Waals surface area contributed by atoms with Crippen molar-refractivity contribution in [1.29, 1.82) is 0 Å². The molecule has 0 radical (unpaired) electrons. The zero-order valence-corrected chi connectivity index (χ0v) is 36.5. The van der Waals surface area contributed by atoms with Gasteiger partial charge in [0.1, 0.15) is 29.5 Å². The largest absolute Gasteiger partial charge is 0.508 e. The van der Waals surface area contributed by atoms with Gasteiger partial charge >= 0.3 is 12.1 Å². The number of esters is 1. The van der Waals surface area contributed by atoms with E-state index in [1.54, 1.807) is 76.4 Å². The molecule has 0 bridgehead atoms. The number of amides is 6. The van der Waals surface area contributed by atoms with Crippen LogP contribution in [0.25, 0.3) is 0 Å². The van der Waals surface area contributed by atoms with E-state index in [0.717, 1.165) is 0 Å². The molecular formula is C45H63N7O10. The van der Waals surface area contributed by atoms with Crippen LogP contribution in [-0.4, -0.2) is 94.6 Å². The van der Waals surface area contributed by atoms with Crippen molar-refractivity contribution >= 4 is 41.6 Å². The Bertz CT molecular complexity index is 1890. The Labute approximate surface area is 363 Å². The molecule has 2 aromatic rings. The maximum atomic E-state index is 14.3. The normalized spacial score (nSPS) is 14.3. The smallest absolute Gasteiger partial charge is 0.408 e. The van der Waals surface area contributed by atoms with Gasteiger partial charge in [0.2, 0.25) is 23.6 Å². The van der Waals surface area contributed by atoms with E-state index in [1.807, 2.05) is 31.0 Å². The summed E-state index contributed by atoms with van der Waals surface area (Å²) in [6, 6.07) is 11.1. The van der Waals surface area contributed by atoms with Crippen molar-refractivity contribution in [2.24, 2.45) is 11.7 Å². The molecule has 0 aromatic heterocycles. The Morgan fingerprint density at radius 2 is 1.39 bits per heavy atom. The quantitative estimate of drug-likeness (QED) is 0.0485. The highest BCUT2D eigenvalue weighted by Crippen LogP contribution is 2.15. The molecule has 17 nitrogen and oxygen atoms in total. The molecule has 0 unspecified atom stereocenters. The standard InChI is InChI=1S/C45H63N7O10/c1-7-61-43(59)36(25-29(2)3)48-40(56)34(26-30-15-10-8-11-16-30)47-42(58)39(50-37(54)18-12-9-13-23-52-24-14-17-32(28-52)38(46)55)51-41(57)35(49-44(60)62-45(4,5)6)27-31-19-21-33(53)22-20-31/h8,10-11,14-16,19-22,24,28-29,34-36,39,53H,7,9,12-13,17-18,23,25-27H2,1-6H3,(H2,46,55)(H,47,58)(H,48,56)(H,49,60)(H,50,54)(H,51,57)/t34-,35-,36-,39-/m0/s1. The van der Waals surface area contributed by atoms with Crippen molar-refractivity contribution in [2.45, 2.75) is 123 Å². The SMILES string of the molecule is CCOC(=O)[C@H](CC(C)C)NC(=O)[C@H](Cc1ccccc1)NC(=O)[C@@H](NC(=O)CCCCCN1C=CCC(C(N)=O)=C1)NC(=O)[C@H](Cc1ccc(O)cc1)NC(=O)OC(C)(C)C. The number of rotatable bonds is 23. The van der Waals surface area contributed by atoms with Crippen LogP contribution in [0, 0.1) is 5.92 Å². The number of nitrogens with one attached hydrogen (secondary N) is 5. The third kappa shape index (κ3) is 18.5. The fourth-order valence-electron chi connectivity index (χ4n) is 6.36. The second-order valence-corrected chi connectivity index (χ2v) is 16.4. The van der Waals surface area contributed by atoms with Gasteiger partial charge in [-0.3, -0.25) is 24.0 Å². The number of nitrogens with two attached hydrogens (primary N) is 1. The van der Waals surface area contributed by atoms with Gasteiger partial charge in [0.25, 0.3) is 5.91 Å². The summed E-state index contributed by atoms with van der Waals surface area (Å²) in [5.74, 6) is -4.24. The van der Waals surface area contributed by atoms with E-state index in [2.05, 4.69) is 26.6 Å². The first-order chi connectivity index (χ1) is 29.3. The highest BCUT2D eigenvalue weighted by atomic mass is 16.6. The van der Waals surface area contributed by atoms with E-state index in [0.29, 0.717) is 48.9 Å². The number of benzene rings is 2. The number of primary amides is 1. The molecule has 2 aromatic carbocycles. The number of hydrogen-bond acceptors (Lipinski definition) is 11. The van der Waals surface area contributed by atoms with Gasteiger partial charge in [0, 0.05) is 37.6 Å². The van der Waals surface area contributed by atoms with Crippen molar-refractivity contribution in [2.75, 3.05) is 13.2 Å². The molecule has 17 heteroatoms. The van der Waals surface area contributed by atoms with Crippen LogP contribution < -0.4 is 32.3 Å². The van der Waals surface area contributed by atoms with Gasteiger partial charge in [-0.1, -0.05) is 68.8 Å². The summed E-state index contributed by atoms with van der Waals surface area (Å²) < 4.78 is 10.6. The number of carbonyl (C=O) groups excluding carboxylic acids is 7. The van der Waals surface area contributed by atoms with E-state index >= 15 is 0 Å². The third-order valence-electron chi connectivity index (χ3n) is 9.34. The van der Waals surface area contributed by atoms with Gasteiger partial charge in [-0.25, -0.2) is 9.59 Å². The first-order valence-corrected chi connectivity index (χ1v) is 20.9. The average molecular weight is 862 g/mol. The molecule has 0 spiro atoms. The number of alkyl carbamates (subject to hydrolysis) is 1. The molecule has 0 saturated carbocycles. The number of allylic oxidation sites excluding steroid dienone is 1. The number of unbranched alkanes of at least 4 members (excludes halogenated alkanes) is 2. The Balaban J connectivity index is 1.88. The van der Waals surface area contributed by atoms with Gasteiger partial charge in [0.15, 0.2) is 6.17 Å². The minimum atomic E-state index is -1.74. The summed E-state index contributed by atoms with van der Waals surface area (Å²) in [6.45, 7) is 11.0. The zero-order valence-electron chi connectivity index (χ0n) is 36.5. The first-order valence-electron chi connectivity index (χ1n) is 20.9. The predicted octanol–water partition coefficient (Wildman–Crippen LogP) is 3.36. The van der Waals surface area contributed by atoms with Gasteiger partial charge in [-0.15, -0.1) is 0 Å². The molecule has 8 N–H and O–H groups in total. The molecule has 1 aliphatic rings. The van der Waals surface area contributed by atoms with Gasteiger partial charge < -0.3 is 51.8 Å². The van der Waals surface area contributed by atoms with Crippen LogP contribution in [0.15, 0.2) is 78.6 Å². The summed E-state index contributed by atoms with van der Waals surface area (Å²) >= 11 is 0. The fraction of sp³-hybridized carbons (Fsp3) is 0.489. The fourth-order valence-corrected chi connectivity index (χ4v) is 6.36. The maximum Gasteiger partial charge on any atom is 0.408 e. The lowest BCUT2D eigenvalue weighted by molar-refractivity contribution is -0.148. The van der Waals surface area contributed by atoms with E-state index in [-0.39, 0.29) is 44.0 Å². The van der Waals surface area contributed by atoms with Gasteiger partial charge in [0.05, 0.1) is 6.61 Å². The number of carbonyl (C=O) groups is 7. The molecule has 338 valence electrons. The number of aromatic hydroxyl groups is 1. The summed E-state index contributed by atoms with van der Waals surface area (Å²) in [7, 11) is 0. The van der Waals surface area contributed by atoms with Gasteiger partial charge in [-0.2, -0.15) is 0 Å². The molecule has 3 rings (SSSR count). The van der Waals surface area contributed by atoms with Crippen LogP contribution in [0.4, 0.5) is 4.79 Å². The lowest BCUT2D eigenvalue weighted by Gasteiger charge is -2.28. The Morgan fingerprint density at radius 1 is 0.774 bits per heavy atom.